The van der Waals surface area contributed by atoms with Crippen LogP contribution in [0.25, 0.3) is 22.3 Å². The summed E-state index contributed by atoms with van der Waals surface area (Å²) in [5.41, 5.74) is 3.36. The van der Waals surface area contributed by atoms with E-state index >= 15 is 0 Å². The normalized spacial score (nSPS) is 18.5. The van der Waals surface area contributed by atoms with Crippen LogP contribution in [0, 0.1) is 23.4 Å². The van der Waals surface area contributed by atoms with Gasteiger partial charge in [-0.25, -0.2) is 13.2 Å². The summed E-state index contributed by atoms with van der Waals surface area (Å²) in [7, 11) is 0. The number of hydrogen-bond donors (Lipinski definition) is 0. The Balaban J connectivity index is 1.50. The lowest BCUT2D eigenvalue weighted by Gasteiger charge is -2.28. The second kappa shape index (κ2) is 11.1. The number of benzene rings is 3. The molecule has 1 heterocycles. The molecule has 3 aromatic rings. The topological polar surface area (TPSA) is 9.23 Å². The molecule has 34 heavy (non-hydrogen) atoms. The first kappa shape index (κ1) is 24.3. The molecular formula is C30H31F3O. The third-order valence-electron chi connectivity index (χ3n) is 6.61. The van der Waals surface area contributed by atoms with Crippen molar-refractivity contribution < 1.29 is 17.9 Å². The first-order valence-corrected chi connectivity index (χ1v) is 12.1. The van der Waals surface area contributed by atoms with Crippen LogP contribution in [-0.2, 0) is 11.2 Å². The molecule has 0 aromatic heterocycles. The van der Waals surface area contributed by atoms with Crippen molar-refractivity contribution >= 4 is 0 Å². The standard InChI is InChI=1S/C30H31F3O/c1-3-5-7-23-13-15-25(30(33)29(23)32)22-11-9-21(10-12-22)24-14-16-26(27(31)18-24)28-17-8-20(6-4-2)19-34-28/h4,6,9-16,18,20,28H,3,5,7-8,17,19H2,1-2H3/b6-4+. The van der Waals surface area contributed by atoms with Gasteiger partial charge in [-0.15, -0.1) is 0 Å². The maximum atomic E-state index is 14.9. The molecule has 3 aromatic carbocycles. The van der Waals surface area contributed by atoms with Crippen molar-refractivity contribution in [1.29, 1.82) is 0 Å². The fraction of sp³-hybridized carbons (Fsp3) is 0.333. The Hall–Kier alpha value is -2.85. The molecule has 4 heteroatoms. The summed E-state index contributed by atoms with van der Waals surface area (Å²) in [5.74, 6) is -1.48. The van der Waals surface area contributed by atoms with E-state index in [1.807, 2.05) is 38.1 Å². The van der Waals surface area contributed by atoms with E-state index in [2.05, 4.69) is 6.08 Å². The molecule has 0 spiro atoms. The fourth-order valence-corrected chi connectivity index (χ4v) is 4.62. The summed E-state index contributed by atoms with van der Waals surface area (Å²) in [6.07, 6.45) is 8.00. The molecule has 1 nitrogen and oxygen atoms in total. The Morgan fingerprint density at radius 3 is 2.26 bits per heavy atom. The van der Waals surface area contributed by atoms with Crippen molar-refractivity contribution in [3.05, 3.63) is 95.3 Å². The molecule has 0 N–H and O–H groups in total. The van der Waals surface area contributed by atoms with Gasteiger partial charge in [-0.2, -0.15) is 0 Å². The van der Waals surface area contributed by atoms with E-state index in [0.717, 1.165) is 36.8 Å². The Labute approximate surface area is 200 Å². The number of halogens is 3. The average Bonchev–Trinajstić information content (AvgIpc) is 2.86. The number of allylic oxidation sites excluding steroid dienone is 1. The van der Waals surface area contributed by atoms with Gasteiger partial charge >= 0.3 is 0 Å². The van der Waals surface area contributed by atoms with Gasteiger partial charge < -0.3 is 4.74 Å². The minimum atomic E-state index is -0.819. The lowest BCUT2D eigenvalue weighted by atomic mass is 9.92. The Morgan fingerprint density at radius 1 is 0.882 bits per heavy atom. The van der Waals surface area contributed by atoms with Crippen LogP contribution in [0.1, 0.15) is 56.8 Å². The molecule has 0 saturated carbocycles. The first-order chi connectivity index (χ1) is 16.5. The van der Waals surface area contributed by atoms with Crippen LogP contribution >= 0.6 is 0 Å². The third kappa shape index (κ3) is 5.28. The summed E-state index contributed by atoms with van der Waals surface area (Å²) in [4.78, 5) is 0. The quantitative estimate of drug-likeness (QED) is 0.317. The van der Waals surface area contributed by atoms with Gasteiger partial charge in [0.25, 0.3) is 0 Å². The van der Waals surface area contributed by atoms with E-state index in [9.17, 15) is 13.2 Å². The van der Waals surface area contributed by atoms with E-state index < -0.39 is 11.6 Å². The summed E-state index contributed by atoms with van der Waals surface area (Å²) in [6.45, 7) is 4.62. The smallest absolute Gasteiger partial charge is 0.166 e. The molecule has 4 rings (SSSR count). The van der Waals surface area contributed by atoms with Crippen molar-refractivity contribution in [2.24, 2.45) is 5.92 Å². The van der Waals surface area contributed by atoms with E-state index in [1.165, 1.54) is 6.07 Å². The Kier molecular flexibility index (Phi) is 7.89. The second-order valence-electron chi connectivity index (χ2n) is 9.00. The Morgan fingerprint density at radius 2 is 1.62 bits per heavy atom. The zero-order valence-electron chi connectivity index (χ0n) is 19.8. The Bertz CT molecular complexity index is 1140. The number of ether oxygens (including phenoxy) is 1. The van der Waals surface area contributed by atoms with E-state index in [1.54, 1.807) is 30.3 Å². The van der Waals surface area contributed by atoms with Gasteiger partial charge in [0.2, 0.25) is 0 Å². The van der Waals surface area contributed by atoms with Crippen molar-refractivity contribution in [3.8, 4) is 22.3 Å². The molecule has 2 unspecified atom stereocenters. The molecule has 0 amide bonds. The van der Waals surface area contributed by atoms with Crippen LogP contribution in [0.3, 0.4) is 0 Å². The average molecular weight is 465 g/mol. The molecule has 1 aliphatic rings. The third-order valence-corrected chi connectivity index (χ3v) is 6.61. The largest absolute Gasteiger partial charge is 0.373 e. The zero-order valence-corrected chi connectivity index (χ0v) is 19.8. The predicted molar refractivity (Wildman–Crippen MR) is 132 cm³/mol. The van der Waals surface area contributed by atoms with Crippen LogP contribution in [-0.4, -0.2) is 6.61 Å². The van der Waals surface area contributed by atoms with Crippen LogP contribution in [0.15, 0.2) is 66.7 Å². The predicted octanol–water partition coefficient (Wildman–Crippen LogP) is 8.82. The number of unbranched alkanes of at least 4 members (excludes halogenated alkanes) is 1. The van der Waals surface area contributed by atoms with Gasteiger partial charge in [0.05, 0.1) is 12.7 Å². The maximum Gasteiger partial charge on any atom is 0.166 e. The lowest BCUT2D eigenvalue weighted by Crippen LogP contribution is -2.20. The molecule has 1 fully saturated rings. The summed E-state index contributed by atoms with van der Waals surface area (Å²) in [6, 6.07) is 15.6. The number of rotatable bonds is 7. The fourth-order valence-electron chi connectivity index (χ4n) is 4.62. The highest BCUT2D eigenvalue weighted by Gasteiger charge is 2.24. The molecule has 2 atom stereocenters. The van der Waals surface area contributed by atoms with Crippen LogP contribution in [0.5, 0.6) is 0 Å². The van der Waals surface area contributed by atoms with E-state index in [0.29, 0.717) is 35.6 Å². The van der Waals surface area contributed by atoms with Gasteiger partial charge in [0, 0.05) is 17.0 Å². The summed E-state index contributed by atoms with van der Waals surface area (Å²) < 4.78 is 50.0. The number of hydrogen-bond acceptors (Lipinski definition) is 1. The van der Waals surface area contributed by atoms with Crippen molar-refractivity contribution in [2.75, 3.05) is 6.61 Å². The van der Waals surface area contributed by atoms with Gasteiger partial charge in [0.15, 0.2) is 11.6 Å². The molecule has 0 bridgehead atoms. The summed E-state index contributed by atoms with van der Waals surface area (Å²) >= 11 is 0. The van der Waals surface area contributed by atoms with E-state index in [-0.39, 0.29) is 17.5 Å². The maximum absolute atomic E-state index is 14.9. The van der Waals surface area contributed by atoms with Crippen LogP contribution in [0.4, 0.5) is 13.2 Å². The van der Waals surface area contributed by atoms with Crippen molar-refractivity contribution in [2.45, 2.75) is 52.1 Å². The molecule has 1 aliphatic heterocycles. The molecule has 1 saturated heterocycles. The zero-order chi connectivity index (χ0) is 24.1. The molecule has 0 aliphatic carbocycles. The number of aryl methyl sites for hydroxylation is 1. The minimum absolute atomic E-state index is 0.226. The minimum Gasteiger partial charge on any atom is -0.373 e. The highest BCUT2D eigenvalue weighted by Crippen LogP contribution is 2.35. The highest BCUT2D eigenvalue weighted by molar-refractivity contribution is 5.71. The van der Waals surface area contributed by atoms with Gasteiger partial charge in [-0.3, -0.25) is 0 Å². The second-order valence-corrected chi connectivity index (χ2v) is 9.00. The molecule has 178 valence electrons. The van der Waals surface area contributed by atoms with Gasteiger partial charge in [-0.1, -0.05) is 74.0 Å². The monoisotopic (exact) mass is 464 g/mol. The van der Waals surface area contributed by atoms with Crippen molar-refractivity contribution in [1.82, 2.24) is 0 Å². The van der Waals surface area contributed by atoms with Crippen LogP contribution < -0.4 is 0 Å². The van der Waals surface area contributed by atoms with E-state index in [4.69, 9.17) is 4.74 Å². The SMILES string of the molecule is C/C=C/C1CCC(c2ccc(-c3ccc(-c4ccc(CCCC)c(F)c4F)cc3)cc2F)OC1. The van der Waals surface area contributed by atoms with Crippen molar-refractivity contribution in [3.63, 3.8) is 0 Å². The highest BCUT2D eigenvalue weighted by atomic mass is 19.2. The molecule has 0 radical (unpaired) electrons. The molecular weight excluding hydrogens is 433 g/mol. The first-order valence-electron chi connectivity index (χ1n) is 12.1. The summed E-state index contributed by atoms with van der Waals surface area (Å²) in [5, 5.41) is 0. The van der Waals surface area contributed by atoms with Gasteiger partial charge in [0.1, 0.15) is 5.82 Å². The lowest BCUT2D eigenvalue weighted by molar-refractivity contribution is -0.00711. The van der Waals surface area contributed by atoms with Crippen LogP contribution in [0.2, 0.25) is 0 Å². The van der Waals surface area contributed by atoms with Gasteiger partial charge in [-0.05, 0) is 60.9 Å².